The topological polar surface area (TPSA) is 92.3 Å². The lowest BCUT2D eigenvalue weighted by Crippen LogP contribution is -2.25. The highest BCUT2D eigenvalue weighted by Gasteiger charge is 2.28. The van der Waals surface area contributed by atoms with Crippen LogP contribution in [0.3, 0.4) is 0 Å². The minimum absolute atomic E-state index is 0.0409. The molecule has 0 saturated carbocycles. The fourth-order valence-electron chi connectivity index (χ4n) is 1.86. The molecule has 1 unspecified atom stereocenters. The molecule has 2 rings (SSSR count). The molecule has 1 saturated heterocycles. The van der Waals surface area contributed by atoms with E-state index >= 15 is 0 Å². The first-order valence-corrected chi connectivity index (χ1v) is 7.73. The molecule has 1 aromatic rings. The number of rotatable bonds is 3. The van der Waals surface area contributed by atoms with Crippen LogP contribution in [0.2, 0.25) is 0 Å². The lowest BCUT2D eigenvalue weighted by atomic mass is 10.1. The lowest BCUT2D eigenvalue weighted by Gasteiger charge is -2.11. The van der Waals surface area contributed by atoms with Gasteiger partial charge in [0.1, 0.15) is 5.82 Å². The van der Waals surface area contributed by atoms with Crippen LogP contribution in [0.4, 0.5) is 10.1 Å². The van der Waals surface area contributed by atoms with Crippen LogP contribution in [0.15, 0.2) is 23.1 Å². The van der Waals surface area contributed by atoms with Gasteiger partial charge in [0.25, 0.3) is 0 Å². The molecule has 6 nitrogen and oxygen atoms in total. The number of benzene rings is 1. The molecule has 0 aromatic heterocycles. The van der Waals surface area contributed by atoms with Gasteiger partial charge in [-0.25, -0.2) is 12.8 Å². The standard InChI is InChI=1S/C12H13FN2O4S/c1-20(18,19)8-2-3-9(13)10(5-8)15-12(17)7-4-11(16)14-6-7/h2-3,5,7H,4,6H2,1H3,(H,14,16)(H,15,17). The van der Waals surface area contributed by atoms with E-state index in [1.807, 2.05) is 0 Å². The summed E-state index contributed by atoms with van der Waals surface area (Å²) in [5.41, 5.74) is -0.211. The van der Waals surface area contributed by atoms with Crippen LogP contribution in [0.5, 0.6) is 0 Å². The van der Waals surface area contributed by atoms with E-state index < -0.39 is 27.5 Å². The number of hydrogen-bond donors (Lipinski definition) is 2. The molecule has 20 heavy (non-hydrogen) atoms. The van der Waals surface area contributed by atoms with Gasteiger partial charge in [-0.05, 0) is 18.2 Å². The van der Waals surface area contributed by atoms with Crippen LogP contribution >= 0.6 is 0 Å². The summed E-state index contributed by atoms with van der Waals surface area (Å²) in [6.45, 7) is 0.193. The van der Waals surface area contributed by atoms with Gasteiger partial charge in [-0.1, -0.05) is 0 Å². The highest BCUT2D eigenvalue weighted by molar-refractivity contribution is 7.90. The van der Waals surface area contributed by atoms with E-state index in [1.54, 1.807) is 0 Å². The number of nitrogens with one attached hydrogen (secondary N) is 2. The monoisotopic (exact) mass is 300 g/mol. The van der Waals surface area contributed by atoms with Gasteiger partial charge in [0.15, 0.2) is 9.84 Å². The van der Waals surface area contributed by atoms with Crippen molar-refractivity contribution < 1.29 is 22.4 Å². The second-order valence-electron chi connectivity index (χ2n) is 4.61. The molecule has 8 heteroatoms. The van der Waals surface area contributed by atoms with Crippen LogP contribution in [-0.2, 0) is 19.4 Å². The van der Waals surface area contributed by atoms with E-state index in [0.717, 1.165) is 24.5 Å². The van der Waals surface area contributed by atoms with Crippen molar-refractivity contribution in [3.63, 3.8) is 0 Å². The van der Waals surface area contributed by atoms with Crippen molar-refractivity contribution >= 4 is 27.3 Å². The van der Waals surface area contributed by atoms with Crippen molar-refractivity contribution in [3.05, 3.63) is 24.0 Å². The van der Waals surface area contributed by atoms with Gasteiger partial charge < -0.3 is 10.6 Å². The van der Waals surface area contributed by atoms with E-state index in [2.05, 4.69) is 10.6 Å². The van der Waals surface area contributed by atoms with Crippen LogP contribution in [0.1, 0.15) is 6.42 Å². The van der Waals surface area contributed by atoms with Crippen molar-refractivity contribution in [2.45, 2.75) is 11.3 Å². The van der Waals surface area contributed by atoms with Gasteiger partial charge in [-0.3, -0.25) is 9.59 Å². The molecule has 108 valence electrons. The Balaban J connectivity index is 2.20. The molecule has 0 spiro atoms. The van der Waals surface area contributed by atoms with Crippen LogP contribution in [0.25, 0.3) is 0 Å². The Labute approximate surface area is 115 Å². The first-order chi connectivity index (χ1) is 9.27. The Hall–Kier alpha value is -1.96. The highest BCUT2D eigenvalue weighted by atomic mass is 32.2. The first-order valence-electron chi connectivity index (χ1n) is 5.84. The minimum Gasteiger partial charge on any atom is -0.355 e. The third-order valence-electron chi connectivity index (χ3n) is 2.97. The molecule has 0 bridgehead atoms. The third kappa shape index (κ3) is 3.13. The maximum atomic E-state index is 13.6. The van der Waals surface area contributed by atoms with Gasteiger partial charge in [0, 0.05) is 19.2 Å². The summed E-state index contributed by atoms with van der Waals surface area (Å²) in [6, 6.07) is 3.16. The molecule has 1 aliphatic rings. The maximum absolute atomic E-state index is 13.6. The summed E-state index contributed by atoms with van der Waals surface area (Å²) in [7, 11) is -3.49. The van der Waals surface area contributed by atoms with Crippen LogP contribution in [-0.4, -0.2) is 33.0 Å². The summed E-state index contributed by atoms with van der Waals surface area (Å²) in [6.07, 6.45) is 1.03. The average Bonchev–Trinajstić information content (AvgIpc) is 2.77. The van der Waals surface area contributed by atoms with Crippen molar-refractivity contribution in [1.29, 1.82) is 0 Å². The van der Waals surface area contributed by atoms with E-state index in [0.29, 0.717) is 0 Å². The zero-order valence-electron chi connectivity index (χ0n) is 10.6. The number of halogens is 1. The van der Waals surface area contributed by atoms with Crippen molar-refractivity contribution in [3.8, 4) is 0 Å². The van der Waals surface area contributed by atoms with Gasteiger partial charge in [0.2, 0.25) is 11.8 Å². The first kappa shape index (κ1) is 14.4. The summed E-state index contributed by atoms with van der Waals surface area (Å²) >= 11 is 0. The summed E-state index contributed by atoms with van der Waals surface area (Å²) in [5, 5.41) is 4.81. The lowest BCUT2D eigenvalue weighted by molar-refractivity contribution is -0.123. The molecular formula is C12H13FN2O4S. The molecule has 1 atom stereocenters. The Morgan fingerprint density at radius 1 is 1.45 bits per heavy atom. The largest absolute Gasteiger partial charge is 0.355 e. The normalized spacial score (nSPS) is 18.7. The minimum atomic E-state index is -3.49. The Bertz CT molecular complexity index is 672. The van der Waals surface area contributed by atoms with Crippen molar-refractivity contribution in [1.82, 2.24) is 5.32 Å². The molecule has 0 radical (unpaired) electrons. The van der Waals surface area contributed by atoms with Gasteiger partial charge in [0.05, 0.1) is 16.5 Å². The van der Waals surface area contributed by atoms with E-state index in [9.17, 15) is 22.4 Å². The third-order valence-corrected chi connectivity index (χ3v) is 4.08. The average molecular weight is 300 g/mol. The van der Waals surface area contributed by atoms with Crippen molar-refractivity contribution in [2.24, 2.45) is 5.92 Å². The zero-order chi connectivity index (χ0) is 14.9. The highest BCUT2D eigenvalue weighted by Crippen LogP contribution is 2.21. The number of sulfone groups is 1. The Morgan fingerprint density at radius 2 is 2.15 bits per heavy atom. The maximum Gasteiger partial charge on any atom is 0.229 e. The number of hydrogen-bond acceptors (Lipinski definition) is 4. The van der Waals surface area contributed by atoms with E-state index in [4.69, 9.17) is 0 Å². The zero-order valence-corrected chi connectivity index (χ0v) is 11.5. The van der Waals surface area contributed by atoms with E-state index in [-0.39, 0.29) is 29.5 Å². The summed E-state index contributed by atoms with van der Waals surface area (Å²) < 4.78 is 36.4. The molecule has 1 aliphatic heterocycles. The molecular weight excluding hydrogens is 287 g/mol. The van der Waals surface area contributed by atoms with Crippen LogP contribution < -0.4 is 10.6 Å². The molecule has 2 N–H and O–H groups in total. The number of carbonyl (C=O) groups is 2. The molecule has 1 aromatic carbocycles. The molecule has 2 amide bonds. The second kappa shape index (κ2) is 5.20. The molecule has 1 heterocycles. The fraction of sp³-hybridized carbons (Fsp3) is 0.333. The summed E-state index contributed by atoms with van der Waals surface area (Å²) in [4.78, 5) is 22.8. The SMILES string of the molecule is CS(=O)(=O)c1ccc(F)c(NC(=O)C2CNC(=O)C2)c1. The van der Waals surface area contributed by atoms with Gasteiger partial charge in [-0.15, -0.1) is 0 Å². The predicted octanol–water partition coefficient (Wildman–Crippen LogP) is 0.304. The van der Waals surface area contributed by atoms with Gasteiger partial charge in [-0.2, -0.15) is 0 Å². The van der Waals surface area contributed by atoms with E-state index in [1.165, 1.54) is 0 Å². The molecule has 1 fully saturated rings. The molecule has 0 aliphatic carbocycles. The smallest absolute Gasteiger partial charge is 0.229 e. The predicted molar refractivity (Wildman–Crippen MR) is 69.3 cm³/mol. The summed E-state index contributed by atoms with van der Waals surface area (Å²) in [5.74, 6) is -2.07. The Kier molecular flexibility index (Phi) is 3.76. The quantitative estimate of drug-likeness (QED) is 0.786. The van der Waals surface area contributed by atoms with Crippen LogP contribution in [0, 0.1) is 11.7 Å². The van der Waals surface area contributed by atoms with Gasteiger partial charge >= 0.3 is 0 Å². The number of amides is 2. The number of carbonyl (C=O) groups excluding carboxylic acids is 2. The fourth-order valence-corrected chi connectivity index (χ4v) is 2.50. The number of anilines is 1. The van der Waals surface area contributed by atoms with Crippen molar-refractivity contribution in [2.75, 3.05) is 18.1 Å². The second-order valence-corrected chi connectivity index (χ2v) is 6.62. The Morgan fingerprint density at radius 3 is 2.70 bits per heavy atom.